The Kier molecular flexibility index (Phi) is 18.2. The molecule has 2 saturated heterocycles. The van der Waals surface area contributed by atoms with E-state index in [1.165, 1.54) is 30.8 Å². The molecule has 0 saturated carbocycles. The lowest BCUT2D eigenvalue weighted by Crippen LogP contribution is -2.51. The Hall–Kier alpha value is -3.79. The highest BCUT2D eigenvalue weighted by molar-refractivity contribution is 9.10. The number of hydrogen-bond acceptors (Lipinski definition) is 11. The number of ether oxygens (including phenoxy) is 2. The Morgan fingerprint density at radius 2 is 1.09 bits per heavy atom. The fourth-order valence-corrected chi connectivity index (χ4v) is 10.9. The molecular formula is C42H39Br2Cl4N6O10PS2. The molecule has 4 heterocycles. The SMILES string of the molecule is O=C(OCc1ccccc1)N1CCN(S(=O)(=O)c2c[nH]c3ccc(Br)cc3c2=O)CC1.O=C(OCc1ccccc1)N1CCN(S(=O)(=O)c2cnc3ccc(Br)cc3c2Cl)CC1.O=P(Cl)(Cl)Cl. The maximum atomic E-state index is 13.2. The topological polar surface area (TPSA) is 197 Å². The molecule has 0 radical (unpaired) electrons. The Morgan fingerprint density at radius 3 is 1.57 bits per heavy atom. The Balaban J connectivity index is 0.000000201. The summed E-state index contributed by atoms with van der Waals surface area (Å²) in [5.74, 6) is 0. The second kappa shape index (κ2) is 23.2. The van der Waals surface area contributed by atoms with Crippen molar-refractivity contribution in [3.63, 3.8) is 0 Å². The molecule has 2 amide bonds. The van der Waals surface area contributed by atoms with E-state index < -0.39 is 42.9 Å². The highest BCUT2D eigenvalue weighted by Gasteiger charge is 2.34. The molecule has 4 aromatic carbocycles. The summed E-state index contributed by atoms with van der Waals surface area (Å²) >= 11 is 27.0. The van der Waals surface area contributed by atoms with Crippen LogP contribution in [0, 0.1) is 0 Å². The number of carbonyl (C=O) groups is 2. The van der Waals surface area contributed by atoms with Crippen molar-refractivity contribution in [3.05, 3.63) is 145 Å². The zero-order chi connectivity index (χ0) is 48.5. The lowest BCUT2D eigenvalue weighted by molar-refractivity contribution is 0.0833. The minimum Gasteiger partial charge on any atom is -0.445 e. The maximum absolute atomic E-state index is 13.2. The summed E-state index contributed by atoms with van der Waals surface area (Å²) in [5.41, 5.74) is 2.37. The molecule has 0 aliphatic carbocycles. The molecule has 0 atom stereocenters. The van der Waals surface area contributed by atoms with Gasteiger partial charge in [-0.15, -0.1) is 0 Å². The number of aromatic amines is 1. The highest BCUT2D eigenvalue weighted by atomic mass is 79.9. The van der Waals surface area contributed by atoms with Gasteiger partial charge in [-0.1, -0.05) is 104 Å². The third-order valence-electron chi connectivity index (χ3n) is 10.2. The van der Waals surface area contributed by atoms with Crippen molar-refractivity contribution in [1.82, 2.24) is 28.4 Å². The van der Waals surface area contributed by atoms with E-state index in [4.69, 9.17) is 21.1 Å². The summed E-state index contributed by atoms with van der Waals surface area (Å²) in [6, 6.07) is 29.1. The van der Waals surface area contributed by atoms with Crippen molar-refractivity contribution in [2.75, 3.05) is 52.4 Å². The standard InChI is InChI=1S/C21H19BrClN3O4S.C21H20BrN3O5S.Cl3OP/c22-16-6-7-18-17(12-16)20(23)19(13-24-18)31(28,29)26-10-8-25(9-11-26)21(27)30-14-15-4-2-1-3-5-15;22-16-6-7-18-17(12-16)20(26)19(13-23-18)31(28,29)25-10-8-24(9-11-25)21(27)30-14-15-4-2-1-3-5-15;1-5(2,3)4/h1-7,12-13H,8-11,14H2;1-7,12-13H,8-11,14H2,(H,23,26);. The van der Waals surface area contributed by atoms with E-state index in [0.29, 0.717) is 26.3 Å². The zero-order valence-corrected chi connectivity index (χ0v) is 43.5. The summed E-state index contributed by atoms with van der Waals surface area (Å²) < 4.78 is 76.7. The number of H-pyrrole nitrogens is 1. The van der Waals surface area contributed by atoms with Crippen LogP contribution in [0.3, 0.4) is 0 Å². The van der Waals surface area contributed by atoms with Crippen molar-refractivity contribution >= 4 is 136 Å². The first-order valence-corrected chi connectivity index (χ1v) is 29.1. The number of piperazine rings is 2. The summed E-state index contributed by atoms with van der Waals surface area (Å²) in [5, 5.41) is -2.24. The van der Waals surface area contributed by atoms with E-state index in [1.54, 1.807) is 30.3 Å². The van der Waals surface area contributed by atoms with Gasteiger partial charge in [-0.05, 0) is 81.2 Å². The van der Waals surface area contributed by atoms with Gasteiger partial charge >= 0.3 is 17.4 Å². The molecule has 0 unspecified atom stereocenters. The number of benzene rings is 4. The number of rotatable bonds is 8. The number of pyridine rings is 2. The van der Waals surface area contributed by atoms with Gasteiger partial charge in [0.05, 0.1) is 10.5 Å². The third kappa shape index (κ3) is 14.2. The van der Waals surface area contributed by atoms with Crippen LogP contribution in [0.25, 0.3) is 21.8 Å². The average Bonchev–Trinajstić information content (AvgIpc) is 3.31. The van der Waals surface area contributed by atoms with Gasteiger partial charge in [0, 0.05) is 90.0 Å². The van der Waals surface area contributed by atoms with Gasteiger partial charge in [0.15, 0.2) is 0 Å². The van der Waals surface area contributed by atoms with Gasteiger partial charge in [-0.2, -0.15) is 8.61 Å². The molecule has 2 aliphatic heterocycles. The first-order valence-electron chi connectivity index (χ1n) is 19.9. The molecule has 6 aromatic rings. The van der Waals surface area contributed by atoms with Crippen LogP contribution < -0.4 is 5.43 Å². The van der Waals surface area contributed by atoms with E-state index in [-0.39, 0.29) is 80.4 Å². The molecule has 25 heteroatoms. The Labute approximate surface area is 422 Å². The van der Waals surface area contributed by atoms with Gasteiger partial charge in [-0.3, -0.25) is 14.3 Å². The maximum Gasteiger partial charge on any atom is 0.410 e. The molecule has 1 N–H and O–H groups in total. The molecular weight excluding hydrogens is 1150 g/mol. The smallest absolute Gasteiger partial charge is 0.410 e. The van der Waals surface area contributed by atoms with Gasteiger partial charge in [0.1, 0.15) is 23.0 Å². The number of fused-ring (bicyclic) bond motifs is 2. The first-order chi connectivity index (χ1) is 31.7. The molecule has 8 rings (SSSR count). The van der Waals surface area contributed by atoms with Gasteiger partial charge in [0.2, 0.25) is 25.5 Å². The summed E-state index contributed by atoms with van der Waals surface area (Å²) in [4.78, 5) is 47.2. The quantitative estimate of drug-likeness (QED) is 0.142. The number of carbonyl (C=O) groups excluding carboxylic acids is 2. The van der Waals surface area contributed by atoms with Crippen LogP contribution in [0.2, 0.25) is 5.02 Å². The molecule has 2 fully saturated rings. The fraction of sp³-hybridized carbons (Fsp3) is 0.238. The number of halogens is 6. The van der Waals surface area contributed by atoms with Crippen LogP contribution >= 0.6 is 82.4 Å². The number of hydrogen-bond donors (Lipinski definition) is 1. The fourth-order valence-electron chi connectivity index (χ4n) is 6.78. The van der Waals surface area contributed by atoms with Crippen LogP contribution in [0.1, 0.15) is 11.1 Å². The zero-order valence-electron chi connectivity index (χ0n) is 34.8. The largest absolute Gasteiger partial charge is 0.445 e. The lowest BCUT2D eigenvalue weighted by atomic mass is 10.2. The molecule has 0 bridgehead atoms. The lowest BCUT2D eigenvalue weighted by Gasteiger charge is -2.33. The second-order valence-corrected chi connectivity index (χ2v) is 27.2. The van der Waals surface area contributed by atoms with Crippen LogP contribution in [-0.4, -0.2) is 110 Å². The number of amides is 2. The van der Waals surface area contributed by atoms with Crippen LogP contribution in [0.5, 0.6) is 0 Å². The predicted molar refractivity (Wildman–Crippen MR) is 266 cm³/mol. The molecule has 2 aromatic heterocycles. The normalized spacial score (nSPS) is 15.0. The van der Waals surface area contributed by atoms with E-state index >= 15 is 0 Å². The van der Waals surface area contributed by atoms with Crippen LogP contribution in [0.15, 0.2) is 133 Å². The Morgan fingerprint density at radius 1 is 0.657 bits per heavy atom. The molecule has 356 valence electrons. The van der Waals surface area contributed by atoms with Crippen molar-refractivity contribution in [3.8, 4) is 0 Å². The van der Waals surface area contributed by atoms with E-state index in [1.807, 2.05) is 66.7 Å². The number of sulfonamides is 2. The monoisotopic (exact) mass is 1180 g/mol. The van der Waals surface area contributed by atoms with Crippen molar-refractivity contribution in [1.29, 1.82) is 0 Å². The van der Waals surface area contributed by atoms with E-state index in [2.05, 4.69) is 75.6 Å². The summed E-state index contributed by atoms with van der Waals surface area (Å²) in [6.07, 6.45) is 1.56. The molecule has 2 aliphatic rings. The average molecular weight is 1180 g/mol. The first kappa shape index (κ1) is 52.6. The van der Waals surface area contributed by atoms with Crippen molar-refractivity contribution in [2.45, 2.75) is 23.0 Å². The van der Waals surface area contributed by atoms with Crippen molar-refractivity contribution < 1.29 is 40.5 Å². The number of aromatic nitrogens is 2. The van der Waals surface area contributed by atoms with Gasteiger partial charge in [-0.25, -0.2) is 26.4 Å². The van der Waals surface area contributed by atoms with Gasteiger partial charge < -0.3 is 24.3 Å². The highest BCUT2D eigenvalue weighted by Crippen LogP contribution is 2.61. The number of nitrogens with zero attached hydrogens (tertiary/aromatic N) is 5. The molecule has 0 spiro atoms. The summed E-state index contributed by atoms with van der Waals surface area (Å²) in [6.45, 7) is 1.62. The van der Waals surface area contributed by atoms with E-state index in [0.717, 1.165) is 15.6 Å². The minimum absolute atomic E-state index is 0.0418. The second-order valence-electron chi connectivity index (χ2n) is 14.5. The van der Waals surface area contributed by atoms with Crippen LogP contribution in [-0.2, 0) is 47.3 Å². The van der Waals surface area contributed by atoms with Gasteiger partial charge in [0.25, 0.3) is 0 Å². The summed E-state index contributed by atoms with van der Waals surface area (Å²) in [7, 11) is -7.86. The molecule has 67 heavy (non-hydrogen) atoms. The minimum atomic E-state index is -4.01. The van der Waals surface area contributed by atoms with Crippen molar-refractivity contribution in [2.24, 2.45) is 0 Å². The Bertz CT molecular complexity index is 3070. The van der Waals surface area contributed by atoms with Crippen LogP contribution in [0.4, 0.5) is 9.59 Å². The predicted octanol–water partition coefficient (Wildman–Crippen LogP) is 10.0. The third-order valence-corrected chi connectivity index (χ3v) is 15.5. The molecule has 16 nitrogen and oxygen atoms in total. The number of nitrogens with one attached hydrogen (secondary N) is 1. The van der Waals surface area contributed by atoms with E-state index in [9.17, 15) is 35.8 Å².